The minimum absolute atomic E-state index is 0.0894. The Morgan fingerprint density at radius 1 is 1.14 bits per heavy atom. The third-order valence-corrected chi connectivity index (χ3v) is 4.79. The number of anilines is 1. The molecule has 1 amide bonds. The number of fused-ring (bicyclic) bond motifs is 1. The van der Waals surface area contributed by atoms with E-state index in [-0.39, 0.29) is 12.5 Å². The molecule has 28 heavy (non-hydrogen) atoms. The number of para-hydroxylation sites is 2. The van der Waals surface area contributed by atoms with E-state index in [1.165, 1.54) is 18.4 Å². The van der Waals surface area contributed by atoms with Crippen LogP contribution in [0.25, 0.3) is 22.6 Å². The Labute approximate surface area is 164 Å². The number of amides is 1. The summed E-state index contributed by atoms with van der Waals surface area (Å²) in [5.74, 6) is 0.0276. The summed E-state index contributed by atoms with van der Waals surface area (Å²) in [7, 11) is 1.33. The number of nitrogens with zero attached hydrogens (tertiary/aromatic N) is 3. The van der Waals surface area contributed by atoms with E-state index in [2.05, 4.69) is 20.0 Å². The van der Waals surface area contributed by atoms with Gasteiger partial charge in [0.15, 0.2) is 5.82 Å². The van der Waals surface area contributed by atoms with Gasteiger partial charge in [0.1, 0.15) is 12.2 Å². The highest BCUT2D eigenvalue weighted by atomic mass is 32.1. The summed E-state index contributed by atoms with van der Waals surface area (Å²) in [6.07, 6.45) is 0. The predicted molar refractivity (Wildman–Crippen MR) is 107 cm³/mol. The van der Waals surface area contributed by atoms with Gasteiger partial charge in [0, 0.05) is 11.1 Å². The first-order valence-electron chi connectivity index (χ1n) is 8.48. The van der Waals surface area contributed by atoms with Gasteiger partial charge in [0.2, 0.25) is 5.91 Å². The third-order valence-electron chi connectivity index (χ3n) is 4.21. The van der Waals surface area contributed by atoms with E-state index >= 15 is 0 Å². The van der Waals surface area contributed by atoms with Crippen molar-refractivity contribution in [2.75, 3.05) is 12.4 Å². The van der Waals surface area contributed by atoms with E-state index in [0.29, 0.717) is 17.1 Å². The maximum atomic E-state index is 12.7. The fraction of sp³-hybridized carbons (Fsp3) is 0.100. The molecule has 0 spiro atoms. The molecular formula is C20H16N4O3S. The lowest BCUT2D eigenvalue weighted by atomic mass is 10.2. The molecule has 2 aromatic carbocycles. The molecule has 2 heterocycles. The quantitative estimate of drug-likeness (QED) is 0.525. The van der Waals surface area contributed by atoms with Crippen molar-refractivity contribution in [2.24, 2.45) is 0 Å². The summed E-state index contributed by atoms with van der Waals surface area (Å²) in [4.78, 5) is 33.1. The van der Waals surface area contributed by atoms with Crippen molar-refractivity contribution in [3.8, 4) is 11.5 Å². The van der Waals surface area contributed by atoms with Crippen LogP contribution in [0.3, 0.4) is 0 Å². The number of imidazole rings is 1. The molecule has 0 aliphatic heterocycles. The summed E-state index contributed by atoms with van der Waals surface area (Å²) in [5.41, 5.74) is 5.16. The van der Waals surface area contributed by atoms with Crippen LogP contribution >= 0.6 is 11.3 Å². The van der Waals surface area contributed by atoms with Gasteiger partial charge in [-0.05, 0) is 36.4 Å². The normalized spacial score (nSPS) is 10.8. The van der Waals surface area contributed by atoms with Crippen molar-refractivity contribution in [3.05, 3.63) is 65.0 Å². The smallest absolute Gasteiger partial charge is 0.337 e. The number of thiazole rings is 1. The number of methoxy groups -OCH3 is 1. The molecule has 0 radical (unpaired) electrons. The molecular weight excluding hydrogens is 376 g/mol. The summed E-state index contributed by atoms with van der Waals surface area (Å²) < 4.78 is 6.52. The number of ether oxygens (including phenoxy) is 1. The van der Waals surface area contributed by atoms with Gasteiger partial charge in [-0.2, -0.15) is 0 Å². The Bertz CT molecular complexity index is 1130. The van der Waals surface area contributed by atoms with Crippen molar-refractivity contribution < 1.29 is 14.3 Å². The molecule has 4 aromatic rings. The Morgan fingerprint density at radius 2 is 1.93 bits per heavy atom. The second-order valence-corrected chi connectivity index (χ2v) is 6.72. The molecule has 140 valence electrons. The monoisotopic (exact) mass is 392 g/mol. The molecule has 0 fully saturated rings. The third kappa shape index (κ3) is 3.49. The molecule has 0 aliphatic carbocycles. The summed E-state index contributed by atoms with van der Waals surface area (Å²) >= 11 is 1.48. The van der Waals surface area contributed by atoms with Crippen LogP contribution in [0.5, 0.6) is 0 Å². The number of carbonyl (C=O) groups is 2. The van der Waals surface area contributed by atoms with Gasteiger partial charge in [-0.1, -0.05) is 12.1 Å². The van der Waals surface area contributed by atoms with Crippen molar-refractivity contribution >= 4 is 39.9 Å². The molecule has 0 unspecified atom stereocenters. The first-order valence-corrected chi connectivity index (χ1v) is 9.42. The average Bonchev–Trinajstić information content (AvgIpc) is 3.36. The van der Waals surface area contributed by atoms with E-state index in [9.17, 15) is 9.59 Å². The van der Waals surface area contributed by atoms with Crippen molar-refractivity contribution in [2.45, 2.75) is 6.54 Å². The maximum Gasteiger partial charge on any atom is 0.337 e. The molecule has 1 N–H and O–H groups in total. The van der Waals surface area contributed by atoms with Crippen LogP contribution < -0.4 is 5.32 Å². The van der Waals surface area contributed by atoms with Crippen LogP contribution in [-0.2, 0) is 16.1 Å². The number of hydrogen-bond acceptors (Lipinski definition) is 6. The van der Waals surface area contributed by atoms with Crippen molar-refractivity contribution in [1.29, 1.82) is 0 Å². The van der Waals surface area contributed by atoms with Crippen LogP contribution in [-0.4, -0.2) is 33.5 Å². The molecule has 0 saturated heterocycles. The fourth-order valence-electron chi connectivity index (χ4n) is 2.91. The van der Waals surface area contributed by atoms with Gasteiger partial charge in [0.25, 0.3) is 0 Å². The van der Waals surface area contributed by atoms with E-state index in [4.69, 9.17) is 0 Å². The second kappa shape index (κ2) is 7.61. The average molecular weight is 392 g/mol. The number of aromatic nitrogens is 3. The van der Waals surface area contributed by atoms with Gasteiger partial charge in [-0.3, -0.25) is 4.79 Å². The lowest BCUT2D eigenvalue weighted by molar-refractivity contribution is -0.116. The molecule has 2 aromatic heterocycles. The van der Waals surface area contributed by atoms with Crippen LogP contribution in [0.4, 0.5) is 5.69 Å². The standard InChI is InChI=1S/C20H16N4O3S/c1-27-20(26)13-6-8-14(9-7-13)22-18(25)10-24-17-5-3-2-4-15(17)23-19(24)16-11-28-12-21-16/h2-9,11-12H,10H2,1H3,(H,22,25). The summed E-state index contributed by atoms with van der Waals surface area (Å²) in [5, 5.41) is 4.75. The van der Waals surface area contributed by atoms with Gasteiger partial charge in [-0.15, -0.1) is 11.3 Å². The van der Waals surface area contributed by atoms with Gasteiger partial charge in [0.05, 0.1) is 29.2 Å². The lowest BCUT2D eigenvalue weighted by Gasteiger charge is -2.09. The largest absolute Gasteiger partial charge is 0.465 e. The Kier molecular flexibility index (Phi) is 4.86. The number of hydrogen-bond donors (Lipinski definition) is 1. The zero-order valence-electron chi connectivity index (χ0n) is 15.0. The number of carbonyl (C=O) groups excluding carboxylic acids is 2. The number of nitrogens with one attached hydrogen (secondary N) is 1. The molecule has 0 aliphatic rings. The van der Waals surface area contributed by atoms with Crippen LogP contribution in [0.15, 0.2) is 59.4 Å². The van der Waals surface area contributed by atoms with Crippen LogP contribution in [0.1, 0.15) is 10.4 Å². The maximum absolute atomic E-state index is 12.7. The topological polar surface area (TPSA) is 86.1 Å². The van der Waals surface area contributed by atoms with E-state index in [1.807, 2.05) is 34.2 Å². The van der Waals surface area contributed by atoms with Gasteiger partial charge < -0.3 is 14.6 Å². The number of benzene rings is 2. The minimum Gasteiger partial charge on any atom is -0.465 e. The Morgan fingerprint density at radius 3 is 2.64 bits per heavy atom. The lowest BCUT2D eigenvalue weighted by Crippen LogP contribution is -2.19. The number of esters is 1. The molecule has 0 saturated carbocycles. The van der Waals surface area contributed by atoms with Crippen molar-refractivity contribution in [1.82, 2.24) is 14.5 Å². The Hall–Kier alpha value is -3.52. The highest BCUT2D eigenvalue weighted by Gasteiger charge is 2.16. The molecule has 0 bridgehead atoms. The van der Waals surface area contributed by atoms with E-state index < -0.39 is 5.97 Å². The zero-order chi connectivity index (χ0) is 19.5. The SMILES string of the molecule is COC(=O)c1ccc(NC(=O)Cn2c(-c3cscn3)nc3ccccc32)cc1. The molecule has 4 rings (SSSR count). The fourth-order valence-corrected chi connectivity index (χ4v) is 3.44. The van der Waals surface area contributed by atoms with Gasteiger partial charge >= 0.3 is 5.97 Å². The second-order valence-electron chi connectivity index (χ2n) is 6.00. The highest BCUT2D eigenvalue weighted by Crippen LogP contribution is 2.24. The van der Waals surface area contributed by atoms with E-state index in [1.54, 1.807) is 29.8 Å². The van der Waals surface area contributed by atoms with Gasteiger partial charge in [-0.25, -0.2) is 14.8 Å². The van der Waals surface area contributed by atoms with Crippen LogP contribution in [0.2, 0.25) is 0 Å². The Balaban J connectivity index is 1.58. The molecule has 7 nitrogen and oxygen atoms in total. The van der Waals surface area contributed by atoms with Crippen LogP contribution in [0, 0.1) is 0 Å². The first kappa shape index (κ1) is 17.9. The first-order chi connectivity index (χ1) is 13.7. The zero-order valence-corrected chi connectivity index (χ0v) is 15.8. The summed E-state index contributed by atoms with van der Waals surface area (Å²) in [6, 6.07) is 14.2. The van der Waals surface area contributed by atoms with E-state index in [0.717, 1.165) is 16.7 Å². The highest BCUT2D eigenvalue weighted by molar-refractivity contribution is 7.07. The number of rotatable bonds is 5. The molecule has 0 atom stereocenters. The predicted octanol–water partition coefficient (Wildman–Crippen LogP) is 3.59. The molecule has 8 heteroatoms. The van der Waals surface area contributed by atoms with Crippen molar-refractivity contribution in [3.63, 3.8) is 0 Å². The minimum atomic E-state index is -0.421. The summed E-state index contributed by atoms with van der Waals surface area (Å²) in [6.45, 7) is 0.0894.